The molecular formula is C11H23N. The lowest BCUT2D eigenvalue weighted by Crippen LogP contribution is -2.26. The second-order valence-electron chi connectivity index (χ2n) is 4.99. The molecule has 0 aromatic heterocycles. The second-order valence-corrected chi connectivity index (χ2v) is 4.99. The van der Waals surface area contributed by atoms with Crippen LogP contribution in [0.15, 0.2) is 0 Å². The van der Waals surface area contributed by atoms with E-state index in [0.29, 0.717) is 5.41 Å². The van der Waals surface area contributed by atoms with Crippen LogP contribution in [0.3, 0.4) is 0 Å². The molecule has 1 atom stereocenters. The molecule has 0 N–H and O–H groups in total. The highest BCUT2D eigenvalue weighted by Crippen LogP contribution is 2.37. The first-order valence-corrected chi connectivity index (χ1v) is 5.25. The molecular weight excluding hydrogens is 146 g/mol. The van der Waals surface area contributed by atoms with Gasteiger partial charge in [0.1, 0.15) is 0 Å². The smallest absolute Gasteiger partial charge is 0.00122 e. The highest BCUT2D eigenvalue weighted by Gasteiger charge is 2.32. The Hall–Kier alpha value is -0.0400. The van der Waals surface area contributed by atoms with Gasteiger partial charge in [-0.05, 0) is 37.8 Å². The van der Waals surface area contributed by atoms with Gasteiger partial charge in [-0.3, -0.25) is 0 Å². The average molecular weight is 169 g/mol. The lowest BCUT2D eigenvalue weighted by Gasteiger charge is -2.31. The summed E-state index contributed by atoms with van der Waals surface area (Å²) in [4.78, 5) is 2.46. The Bertz CT molecular complexity index is 140. The van der Waals surface area contributed by atoms with Crippen molar-refractivity contribution in [2.24, 2.45) is 11.3 Å². The third-order valence-corrected chi connectivity index (χ3v) is 3.39. The third kappa shape index (κ3) is 2.22. The van der Waals surface area contributed by atoms with E-state index in [0.717, 1.165) is 5.92 Å². The normalized spacial score (nSPS) is 26.5. The Labute approximate surface area is 77.1 Å². The van der Waals surface area contributed by atoms with Gasteiger partial charge in [0.25, 0.3) is 0 Å². The van der Waals surface area contributed by atoms with E-state index in [1.165, 1.54) is 32.4 Å². The van der Waals surface area contributed by atoms with Crippen LogP contribution in [-0.2, 0) is 0 Å². The van der Waals surface area contributed by atoms with E-state index in [1.807, 2.05) is 0 Å². The molecule has 0 aromatic carbocycles. The molecule has 1 aliphatic heterocycles. The lowest BCUT2D eigenvalue weighted by atomic mass is 9.75. The van der Waals surface area contributed by atoms with Crippen LogP contribution in [0.1, 0.15) is 40.0 Å². The first kappa shape index (κ1) is 10.0. The topological polar surface area (TPSA) is 3.24 Å². The molecule has 1 fully saturated rings. The summed E-state index contributed by atoms with van der Waals surface area (Å²) in [6, 6.07) is 0. The zero-order valence-corrected chi connectivity index (χ0v) is 9.06. The molecule has 0 amide bonds. The minimum Gasteiger partial charge on any atom is -0.306 e. The molecule has 0 bridgehead atoms. The van der Waals surface area contributed by atoms with Gasteiger partial charge in [0, 0.05) is 6.54 Å². The zero-order chi connectivity index (χ0) is 9.19. The van der Waals surface area contributed by atoms with Crippen LogP contribution in [0.25, 0.3) is 0 Å². The van der Waals surface area contributed by atoms with E-state index in [-0.39, 0.29) is 0 Å². The van der Waals surface area contributed by atoms with Crippen LogP contribution in [0.2, 0.25) is 0 Å². The Morgan fingerprint density at radius 2 is 2.08 bits per heavy atom. The fourth-order valence-electron chi connectivity index (χ4n) is 2.42. The molecule has 0 aliphatic carbocycles. The molecule has 1 unspecified atom stereocenters. The van der Waals surface area contributed by atoms with E-state index in [1.54, 1.807) is 0 Å². The van der Waals surface area contributed by atoms with Crippen molar-refractivity contribution in [1.29, 1.82) is 0 Å². The lowest BCUT2D eigenvalue weighted by molar-refractivity contribution is 0.196. The van der Waals surface area contributed by atoms with E-state index in [2.05, 4.69) is 32.7 Å². The van der Waals surface area contributed by atoms with Gasteiger partial charge in [-0.1, -0.05) is 27.2 Å². The van der Waals surface area contributed by atoms with Gasteiger partial charge in [0.15, 0.2) is 0 Å². The monoisotopic (exact) mass is 169 g/mol. The Morgan fingerprint density at radius 1 is 1.42 bits per heavy atom. The maximum Gasteiger partial charge on any atom is 0.00122 e. The van der Waals surface area contributed by atoms with E-state index >= 15 is 0 Å². The van der Waals surface area contributed by atoms with E-state index in [9.17, 15) is 0 Å². The summed E-state index contributed by atoms with van der Waals surface area (Å²) < 4.78 is 0. The van der Waals surface area contributed by atoms with Gasteiger partial charge in [0.2, 0.25) is 0 Å². The fraction of sp³-hybridized carbons (Fsp3) is 1.00. The molecule has 0 radical (unpaired) electrons. The summed E-state index contributed by atoms with van der Waals surface area (Å²) in [7, 11) is 2.24. The molecule has 1 heterocycles. The standard InChI is InChI=1S/C11H23N/c1-5-7-11(2,3)10-6-8-12(4)9-10/h10H,5-9H2,1-4H3. The van der Waals surface area contributed by atoms with Gasteiger partial charge in [-0.2, -0.15) is 0 Å². The minimum atomic E-state index is 0.569. The maximum absolute atomic E-state index is 2.46. The summed E-state index contributed by atoms with van der Waals surface area (Å²) in [5, 5.41) is 0. The molecule has 1 saturated heterocycles. The minimum absolute atomic E-state index is 0.569. The maximum atomic E-state index is 2.46. The van der Waals surface area contributed by atoms with Crippen LogP contribution in [0, 0.1) is 11.3 Å². The van der Waals surface area contributed by atoms with Crippen LogP contribution < -0.4 is 0 Å². The first-order valence-electron chi connectivity index (χ1n) is 5.25. The second kappa shape index (κ2) is 3.78. The predicted molar refractivity (Wildman–Crippen MR) is 54.3 cm³/mol. The average Bonchev–Trinajstić information content (AvgIpc) is 2.36. The number of rotatable bonds is 3. The van der Waals surface area contributed by atoms with Crippen LogP contribution in [0.4, 0.5) is 0 Å². The predicted octanol–water partition coefficient (Wildman–Crippen LogP) is 2.76. The quantitative estimate of drug-likeness (QED) is 0.628. The van der Waals surface area contributed by atoms with Gasteiger partial charge >= 0.3 is 0 Å². The van der Waals surface area contributed by atoms with Crippen molar-refractivity contribution < 1.29 is 0 Å². The molecule has 1 rings (SSSR count). The van der Waals surface area contributed by atoms with Gasteiger partial charge in [-0.15, -0.1) is 0 Å². The van der Waals surface area contributed by atoms with E-state index < -0.39 is 0 Å². The van der Waals surface area contributed by atoms with Crippen molar-refractivity contribution in [2.75, 3.05) is 20.1 Å². The molecule has 1 aliphatic rings. The molecule has 72 valence electrons. The largest absolute Gasteiger partial charge is 0.306 e. The molecule has 12 heavy (non-hydrogen) atoms. The zero-order valence-electron chi connectivity index (χ0n) is 9.06. The summed E-state index contributed by atoms with van der Waals surface area (Å²) in [5.74, 6) is 0.933. The van der Waals surface area contributed by atoms with Crippen LogP contribution >= 0.6 is 0 Å². The highest BCUT2D eigenvalue weighted by molar-refractivity contribution is 4.84. The molecule has 1 nitrogen and oxygen atoms in total. The Kier molecular flexibility index (Phi) is 3.16. The Balaban J connectivity index is 2.45. The number of hydrogen-bond acceptors (Lipinski definition) is 1. The first-order chi connectivity index (χ1) is 5.56. The van der Waals surface area contributed by atoms with Crippen LogP contribution in [0.5, 0.6) is 0 Å². The van der Waals surface area contributed by atoms with Crippen molar-refractivity contribution in [3.63, 3.8) is 0 Å². The van der Waals surface area contributed by atoms with E-state index in [4.69, 9.17) is 0 Å². The molecule has 0 aromatic rings. The number of hydrogen-bond donors (Lipinski definition) is 0. The summed E-state index contributed by atoms with van der Waals surface area (Å²) in [6.45, 7) is 9.77. The molecule has 0 spiro atoms. The van der Waals surface area contributed by atoms with Gasteiger partial charge in [-0.25, -0.2) is 0 Å². The highest BCUT2D eigenvalue weighted by atomic mass is 15.1. The Morgan fingerprint density at radius 3 is 2.50 bits per heavy atom. The van der Waals surface area contributed by atoms with Crippen molar-refractivity contribution in [2.45, 2.75) is 40.0 Å². The summed E-state index contributed by atoms with van der Waals surface area (Å²) in [6.07, 6.45) is 4.11. The third-order valence-electron chi connectivity index (χ3n) is 3.39. The molecule has 0 saturated carbocycles. The number of likely N-dealkylation sites (tertiary alicyclic amines) is 1. The SMILES string of the molecule is CCCC(C)(C)C1CCN(C)C1. The summed E-state index contributed by atoms with van der Waals surface area (Å²) >= 11 is 0. The van der Waals surface area contributed by atoms with Gasteiger partial charge in [0.05, 0.1) is 0 Å². The van der Waals surface area contributed by atoms with Crippen LogP contribution in [-0.4, -0.2) is 25.0 Å². The van der Waals surface area contributed by atoms with Gasteiger partial charge < -0.3 is 4.90 Å². The van der Waals surface area contributed by atoms with Crippen molar-refractivity contribution >= 4 is 0 Å². The van der Waals surface area contributed by atoms with Crippen molar-refractivity contribution in [3.8, 4) is 0 Å². The summed E-state index contributed by atoms with van der Waals surface area (Å²) in [5.41, 5.74) is 0.569. The van der Waals surface area contributed by atoms with Crippen molar-refractivity contribution in [1.82, 2.24) is 4.90 Å². The van der Waals surface area contributed by atoms with Crippen molar-refractivity contribution in [3.05, 3.63) is 0 Å². The fourth-order valence-corrected chi connectivity index (χ4v) is 2.42. The molecule has 1 heteroatoms. The number of nitrogens with zero attached hydrogens (tertiary/aromatic N) is 1.